The Morgan fingerprint density at radius 2 is 1.70 bits per heavy atom. The largest absolute Gasteiger partial charge is 0.461 e. The fraction of sp³-hybridized carbons (Fsp3) is 0.111. The molecule has 0 saturated carbocycles. The fourth-order valence-corrected chi connectivity index (χ4v) is 2.11. The zero-order valence-corrected chi connectivity index (χ0v) is 13.9. The van der Waals surface area contributed by atoms with Crippen LogP contribution in [0.2, 0.25) is 0 Å². The van der Waals surface area contributed by atoms with E-state index in [-0.39, 0.29) is 35.3 Å². The van der Waals surface area contributed by atoms with E-state index in [0.717, 1.165) is 30.3 Å². The number of carbonyl (C=O) groups is 1. The van der Waals surface area contributed by atoms with Gasteiger partial charge in [-0.05, 0) is 49.4 Å². The number of hydrogen-bond acceptors (Lipinski definition) is 6. The molecule has 3 aromatic rings. The van der Waals surface area contributed by atoms with Gasteiger partial charge in [-0.3, -0.25) is 0 Å². The molecule has 0 saturated heterocycles. The summed E-state index contributed by atoms with van der Waals surface area (Å²) in [7, 11) is 0. The van der Waals surface area contributed by atoms with Crippen LogP contribution >= 0.6 is 0 Å². The molecule has 138 valence electrons. The minimum Gasteiger partial charge on any atom is -0.461 e. The molecule has 0 unspecified atom stereocenters. The first-order valence-electron chi connectivity index (χ1n) is 7.78. The van der Waals surface area contributed by atoms with Crippen molar-refractivity contribution in [3.05, 3.63) is 65.6 Å². The molecule has 2 aromatic carbocycles. The van der Waals surface area contributed by atoms with Crippen LogP contribution in [0.15, 0.2) is 42.5 Å². The molecule has 0 fully saturated rings. The lowest BCUT2D eigenvalue weighted by atomic mass is 10.2. The normalized spacial score (nSPS) is 10.5. The van der Waals surface area contributed by atoms with Crippen molar-refractivity contribution >= 4 is 5.97 Å². The van der Waals surface area contributed by atoms with Crippen LogP contribution in [0.1, 0.15) is 17.4 Å². The molecule has 1 aromatic heterocycles. The second-order valence-electron chi connectivity index (χ2n) is 5.19. The van der Waals surface area contributed by atoms with Crippen molar-refractivity contribution in [1.82, 2.24) is 15.2 Å². The van der Waals surface area contributed by atoms with Gasteiger partial charge in [-0.25, -0.2) is 18.0 Å². The Hall–Kier alpha value is -3.49. The summed E-state index contributed by atoms with van der Waals surface area (Å²) in [6.07, 6.45) is 0. The first kappa shape index (κ1) is 18.3. The number of rotatable bonds is 5. The van der Waals surface area contributed by atoms with E-state index in [4.69, 9.17) is 9.47 Å². The molecular weight excluding hydrogens is 363 g/mol. The zero-order chi connectivity index (χ0) is 19.4. The SMILES string of the molecule is CCOC(=O)c1nnc(-c2cc(F)ccc2F)nc1Oc1ccc(F)cc1. The summed E-state index contributed by atoms with van der Waals surface area (Å²) >= 11 is 0. The number of nitrogens with zero attached hydrogens (tertiary/aromatic N) is 3. The van der Waals surface area contributed by atoms with Gasteiger partial charge in [0.15, 0.2) is 5.82 Å². The van der Waals surface area contributed by atoms with E-state index in [0.29, 0.717) is 0 Å². The summed E-state index contributed by atoms with van der Waals surface area (Å²) in [5.41, 5.74) is -0.622. The van der Waals surface area contributed by atoms with Gasteiger partial charge in [0.2, 0.25) is 5.69 Å². The Balaban J connectivity index is 2.06. The molecule has 0 amide bonds. The minimum atomic E-state index is -0.860. The van der Waals surface area contributed by atoms with Crippen LogP contribution in [0.25, 0.3) is 11.4 Å². The summed E-state index contributed by atoms with van der Waals surface area (Å²) < 4.78 is 50.8. The lowest BCUT2D eigenvalue weighted by Crippen LogP contribution is -2.12. The van der Waals surface area contributed by atoms with E-state index in [2.05, 4.69) is 15.2 Å². The quantitative estimate of drug-likeness (QED) is 0.629. The first-order valence-corrected chi connectivity index (χ1v) is 7.78. The molecule has 1 heterocycles. The van der Waals surface area contributed by atoms with E-state index in [1.807, 2.05) is 0 Å². The van der Waals surface area contributed by atoms with Crippen LogP contribution in [0.5, 0.6) is 11.6 Å². The highest BCUT2D eigenvalue weighted by Crippen LogP contribution is 2.27. The van der Waals surface area contributed by atoms with Gasteiger partial charge in [0, 0.05) is 0 Å². The lowest BCUT2D eigenvalue weighted by molar-refractivity contribution is 0.0514. The van der Waals surface area contributed by atoms with E-state index in [9.17, 15) is 18.0 Å². The summed E-state index contributed by atoms with van der Waals surface area (Å²) in [5, 5.41) is 7.34. The maximum absolute atomic E-state index is 14.0. The summed E-state index contributed by atoms with van der Waals surface area (Å²) in [5.74, 6) is -3.32. The molecule has 0 aliphatic rings. The number of ether oxygens (including phenoxy) is 2. The van der Waals surface area contributed by atoms with Gasteiger partial charge < -0.3 is 9.47 Å². The molecular formula is C18H12F3N3O3. The average Bonchev–Trinajstić information content (AvgIpc) is 2.65. The Morgan fingerprint density at radius 1 is 1.00 bits per heavy atom. The number of benzene rings is 2. The Kier molecular flexibility index (Phi) is 5.30. The monoisotopic (exact) mass is 375 g/mol. The smallest absolute Gasteiger partial charge is 0.364 e. The van der Waals surface area contributed by atoms with Gasteiger partial charge in [-0.2, -0.15) is 4.98 Å². The second kappa shape index (κ2) is 7.81. The van der Waals surface area contributed by atoms with Crippen LogP contribution in [-0.4, -0.2) is 27.8 Å². The lowest BCUT2D eigenvalue weighted by Gasteiger charge is -2.10. The summed E-state index contributed by atoms with van der Waals surface area (Å²) in [6, 6.07) is 7.62. The molecule has 27 heavy (non-hydrogen) atoms. The van der Waals surface area contributed by atoms with E-state index in [1.54, 1.807) is 6.92 Å². The third-order valence-corrected chi connectivity index (χ3v) is 3.32. The van der Waals surface area contributed by atoms with Crippen molar-refractivity contribution in [1.29, 1.82) is 0 Å². The van der Waals surface area contributed by atoms with Crippen molar-refractivity contribution in [3.8, 4) is 23.0 Å². The molecule has 0 bridgehead atoms. The van der Waals surface area contributed by atoms with Crippen molar-refractivity contribution in [2.45, 2.75) is 6.92 Å². The van der Waals surface area contributed by atoms with E-state index >= 15 is 0 Å². The standard InChI is InChI=1S/C18H12F3N3O3/c1-2-26-18(25)15-17(27-12-6-3-10(19)4-7-12)22-16(24-23-15)13-9-11(20)5-8-14(13)21/h3-9H,2H2,1H3. The minimum absolute atomic E-state index is 0.0662. The topological polar surface area (TPSA) is 74.2 Å². The van der Waals surface area contributed by atoms with Crippen molar-refractivity contribution in [3.63, 3.8) is 0 Å². The van der Waals surface area contributed by atoms with Crippen LogP contribution in [0, 0.1) is 17.5 Å². The van der Waals surface area contributed by atoms with Crippen molar-refractivity contribution in [2.24, 2.45) is 0 Å². The molecule has 0 atom stereocenters. The van der Waals surface area contributed by atoms with Gasteiger partial charge in [0.25, 0.3) is 5.88 Å². The Morgan fingerprint density at radius 3 is 2.41 bits per heavy atom. The summed E-state index contributed by atoms with van der Waals surface area (Å²) in [4.78, 5) is 16.0. The number of hydrogen-bond donors (Lipinski definition) is 0. The van der Waals surface area contributed by atoms with Crippen LogP contribution in [0.4, 0.5) is 13.2 Å². The Bertz CT molecular complexity index is 981. The number of aromatic nitrogens is 3. The summed E-state index contributed by atoms with van der Waals surface area (Å²) in [6.45, 7) is 1.66. The fourth-order valence-electron chi connectivity index (χ4n) is 2.11. The maximum Gasteiger partial charge on any atom is 0.364 e. The van der Waals surface area contributed by atoms with Crippen LogP contribution in [-0.2, 0) is 4.74 Å². The van der Waals surface area contributed by atoms with Gasteiger partial charge in [-0.1, -0.05) is 0 Å². The third kappa shape index (κ3) is 4.20. The second-order valence-corrected chi connectivity index (χ2v) is 5.19. The van der Waals surface area contributed by atoms with Gasteiger partial charge >= 0.3 is 5.97 Å². The van der Waals surface area contributed by atoms with Gasteiger partial charge in [0.1, 0.15) is 23.2 Å². The predicted molar refractivity (Wildman–Crippen MR) is 87.6 cm³/mol. The van der Waals surface area contributed by atoms with Crippen LogP contribution in [0.3, 0.4) is 0 Å². The van der Waals surface area contributed by atoms with Crippen LogP contribution < -0.4 is 4.74 Å². The number of carbonyl (C=O) groups excluding carboxylic acids is 1. The zero-order valence-electron chi connectivity index (χ0n) is 13.9. The molecule has 0 radical (unpaired) electrons. The number of esters is 1. The molecule has 0 aliphatic heterocycles. The molecule has 9 heteroatoms. The average molecular weight is 375 g/mol. The van der Waals surface area contributed by atoms with E-state index in [1.165, 1.54) is 12.1 Å². The molecule has 6 nitrogen and oxygen atoms in total. The van der Waals surface area contributed by atoms with E-state index < -0.39 is 23.4 Å². The van der Waals surface area contributed by atoms with Crippen molar-refractivity contribution < 1.29 is 27.4 Å². The number of halogens is 3. The molecule has 0 aliphatic carbocycles. The predicted octanol–water partition coefficient (Wildman–Crippen LogP) is 3.92. The highest BCUT2D eigenvalue weighted by Gasteiger charge is 2.22. The Labute approximate surface area is 151 Å². The highest BCUT2D eigenvalue weighted by atomic mass is 19.1. The highest BCUT2D eigenvalue weighted by molar-refractivity contribution is 5.89. The van der Waals surface area contributed by atoms with Gasteiger partial charge in [-0.15, -0.1) is 10.2 Å². The first-order chi connectivity index (χ1) is 13.0. The molecule has 3 rings (SSSR count). The van der Waals surface area contributed by atoms with Gasteiger partial charge in [0.05, 0.1) is 12.2 Å². The maximum atomic E-state index is 14.0. The van der Waals surface area contributed by atoms with Crippen molar-refractivity contribution in [2.75, 3.05) is 6.61 Å². The molecule has 0 spiro atoms. The molecule has 0 N–H and O–H groups in total. The third-order valence-electron chi connectivity index (χ3n) is 3.32.